The summed E-state index contributed by atoms with van der Waals surface area (Å²) in [6.07, 6.45) is 1.12. The Morgan fingerprint density at radius 1 is 1.05 bits per heavy atom. The minimum absolute atomic E-state index is 0.143. The Kier molecular flexibility index (Phi) is 4.20. The minimum atomic E-state index is -3.31. The SMILES string of the molecule is CS(=O)(=O)c1cccc(C(=O)NCc2ccccc2)c1. The molecular weight excluding hydrogens is 274 g/mol. The van der Waals surface area contributed by atoms with Crippen LogP contribution in [0.2, 0.25) is 0 Å². The van der Waals surface area contributed by atoms with Gasteiger partial charge in [0.2, 0.25) is 0 Å². The molecule has 4 nitrogen and oxygen atoms in total. The van der Waals surface area contributed by atoms with Crippen LogP contribution in [-0.4, -0.2) is 20.6 Å². The van der Waals surface area contributed by atoms with Crippen LogP contribution in [0.4, 0.5) is 0 Å². The molecule has 2 aromatic carbocycles. The zero-order chi connectivity index (χ0) is 14.6. The zero-order valence-corrected chi connectivity index (χ0v) is 11.9. The predicted molar refractivity (Wildman–Crippen MR) is 77.2 cm³/mol. The number of rotatable bonds is 4. The summed E-state index contributed by atoms with van der Waals surface area (Å²) in [6, 6.07) is 15.5. The van der Waals surface area contributed by atoms with E-state index in [0.29, 0.717) is 12.1 Å². The summed E-state index contributed by atoms with van der Waals surface area (Å²) < 4.78 is 22.9. The van der Waals surface area contributed by atoms with Crippen LogP contribution in [0, 0.1) is 0 Å². The fourth-order valence-electron chi connectivity index (χ4n) is 1.75. The first-order valence-electron chi connectivity index (χ1n) is 6.09. The molecule has 0 aliphatic heterocycles. The molecule has 0 aromatic heterocycles. The molecule has 0 saturated heterocycles. The summed E-state index contributed by atoms with van der Waals surface area (Å²) in [7, 11) is -3.31. The van der Waals surface area contributed by atoms with E-state index in [1.807, 2.05) is 30.3 Å². The summed E-state index contributed by atoms with van der Waals surface area (Å²) in [5.41, 5.74) is 1.32. The third-order valence-electron chi connectivity index (χ3n) is 2.82. The van der Waals surface area contributed by atoms with Gasteiger partial charge < -0.3 is 5.32 Å². The summed E-state index contributed by atoms with van der Waals surface area (Å²) in [5, 5.41) is 2.76. The Hall–Kier alpha value is -2.14. The van der Waals surface area contributed by atoms with Crippen molar-refractivity contribution < 1.29 is 13.2 Å². The maximum atomic E-state index is 12.0. The Morgan fingerprint density at radius 3 is 2.40 bits per heavy atom. The lowest BCUT2D eigenvalue weighted by atomic mass is 10.2. The molecule has 2 rings (SSSR count). The molecule has 2 aromatic rings. The summed E-state index contributed by atoms with van der Waals surface area (Å²) in [6.45, 7) is 0.406. The number of sulfone groups is 1. The molecule has 0 spiro atoms. The molecule has 20 heavy (non-hydrogen) atoms. The number of hydrogen-bond donors (Lipinski definition) is 1. The van der Waals surface area contributed by atoms with Gasteiger partial charge >= 0.3 is 0 Å². The fraction of sp³-hybridized carbons (Fsp3) is 0.133. The van der Waals surface area contributed by atoms with Crippen molar-refractivity contribution in [3.63, 3.8) is 0 Å². The van der Waals surface area contributed by atoms with Crippen LogP contribution >= 0.6 is 0 Å². The topological polar surface area (TPSA) is 63.2 Å². The van der Waals surface area contributed by atoms with E-state index in [4.69, 9.17) is 0 Å². The number of carbonyl (C=O) groups is 1. The van der Waals surface area contributed by atoms with Crippen molar-refractivity contribution in [2.75, 3.05) is 6.26 Å². The molecule has 0 aliphatic rings. The van der Waals surface area contributed by atoms with Crippen molar-refractivity contribution in [2.45, 2.75) is 11.4 Å². The van der Waals surface area contributed by atoms with Gasteiger partial charge in [0, 0.05) is 18.4 Å². The van der Waals surface area contributed by atoms with Crippen molar-refractivity contribution in [3.05, 3.63) is 65.7 Å². The van der Waals surface area contributed by atoms with Crippen molar-refractivity contribution in [3.8, 4) is 0 Å². The van der Waals surface area contributed by atoms with Crippen LogP contribution in [0.1, 0.15) is 15.9 Å². The first-order valence-corrected chi connectivity index (χ1v) is 7.98. The summed E-state index contributed by atoms with van der Waals surface area (Å²) in [4.78, 5) is 12.1. The Bertz CT molecular complexity index is 709. The van der Waals surface area contributed by atoms with Gasteiger partial charge in [0.1, 0.15) is 0 Å². The lowest BCUT2D eigenvalue weighted by molar-refractivity contribution is 0.0950. The van der Waals surface area contributed by atoms with E-state index in [0.717, 1.165) is 11.8 Å². The van der Waals surface area contributed by atoms with Gasteiger partial charge in [-0.05, 0) is 23.8 Å². The van der Waals surface area contributed by atoms with Crippen LogP contribution in [0.25, 0.3) is 0 Å². The highest BCUT2D eigenvalue weighted by atomic mass is 32.2. The van der Waals surface area contributed by atoms with E-state index in [1.54, 1.807) is 12.1 Å². The highest BCUT2D eigenvalue weighted by molar-refractivity contribution is 7.90. The van der Waals surface area contributed by atoms with E-state index in [9.17, 15) is 13.2 Å². The molecule has 1 amide bonds. The predicted octanol–water partition coefficient (Wildman–Crippen LogP) is 2.02. The van der Waals surface area contributed by atoms with Gasteiger partial charge in [-0.3, -0.25) is 4.79 Å². The molecule has 104 valence electrons. The fourth-order valence-corrected chi connectivity index (χ4v) is 2.42. The Labute approximate surface area is 118 Å². The van der Waals surface area contributed by atoms with Gasteiger partial charge in [-0.1, -0.05) is 36.4 Å². The first-order chi connectivity index (χ1) is 9.47. The molecule has 0 fully saturated rings. The second-order valence-electron chi connectivity index (χ2n) is 4.47. The lowest BCUT2D eigenvalue weighted by Crippen LogP contribution is -2.22. The molecule has 0 radical (unpaired) electrons. The third kappa shape index (κ3) is 3.68. The summed E-state index contributed by atoms with van der Waals surface area (Å²) in [5.74, 6) is -0.292. The Morgan fingerprint density at radius 2 is 1.75 bits per heavy atom. The van der Waals surface area contributed by atoms with Gasteiger partial charge in [-0.15, -0.1) is 0 Å². The van der Waals surface area contributed by atoms with E-state index >= 15 is 0 Å². The van der Waals surface area contributed by atoms with Gasteiger partial charge in [-0.2, -0.15) is 0 Å². The normalized spacial score (nSPS) is 11.1. The maximum Gasteiger partial charge on any atom is 0.251 e. The van der Waals surface area contributed by atoms with Crippen LogP contribution < -0.4 is 5.32 Å². The van der Waals surface area contributed by atoms with Crippen LogP contribution in [0.5, 0.6) is 0 Å². The molecule has 0 atom stereocenters. The second kappa shape index (κ2) is 5.88. The van der Waals surface area contributed by atoms with Crippen LogP contribution in [0.15, 0.2) is 59.5 Å². The van der Waals surface area contributed by atoms with E-state index < -0.39 is 9.84 Å². The monoisotopic (exact) mass is 289 g/mol. The summed E-state index contributed by atoms with van der Waals surface area (Å²) >= 11 is 0. The average molecular weight is 289 g/mol. The smallest absolute Gasteiger partial charge is 0.251 e. The molecule has 0 heterocycles. The highest BCUT2D eigenvalue weighted by Crippen LogP contribution is 2.11. The third-order valence-corrected chi connectivity index (χ3v) is 3.93. The quantitative estimate of drug-likeness (QED) is 0.936. The van der Waals surface area contributed by atoms with E-state index in [2.05, 4.69) is 5.32 Å². The van der Waals surface area contributed by atoms with Crippen LogP contribution in [-0.2, 0) is 16.4 Å². The standard InChI is InChI=1S/C15H15NO3S/c1-20(18,19)14-9-5-8-13(10-14)15(17)16-11-12-6-3-2-4-7-12/h2-10H,11H2,1H3,(H,16,17). The number of nitrogens with one attached hydrogen (secondary N) is 1. The largest absolute Gasteiger partial charge is 0.348 e. The van der Waals surface area contributed by atoms with Crippen molar-refractivity contribution in [1.29, 1.82) is 0 Å². The molecule has 0 saturated carbocycles. The highest BCUT2D eigenvalue weighted by Gasteiger charge is 2.11. The van der Waals surface area contributed by atoms with E-state index in [1.165, 1.54) is 12.1 Å². The van der Waals surface area contributed by atoms with Gasteiger partial charge in [0.15, 0.2) is 9.84 Å². The minimum Gasteiger partial charge on any atom is -0.348 e. The lowest BCUT2D eigenvalue weighted by Gasteiger charge is -2.06. The second-order valence-corrected chi connectivity index (χ2v) is 6.48. The van der Waals surface area contributed by atoms with Gasteiger partial charge in [0.05, 0.1) is 4.90 Å². The Balaban J connectivity index is 2.10. The maximum absolute atomic E-state index is 12.0. The number of benzene rings is 2. The number of hydrogen-bond acceptors (Lipinski definition) is 3. The molecule has 1 N–H and O–H groups in total. The zero-order valence-electron chi connectivity index (χ0n) is 11.0. The van der Waals surface area contributed by atoms with Crippen molar-refractivity contribution in [2.24, 2.45) is 0 Å². The molecule has 5 heteroatoms. The molecular formula is C15H15NO3S. The molecule has 0 bridgehead atoms. The van der Waals surface area contributed by atoms with Crippen molar-refractivity contribution in [1.82, 2.24) is 5.32 Å². The number of carbonyl (C=O) groups excluding carboxylic acids is 1. The van der Waals surface area contributed by atoms with Gasteiger partial charge in [-0.25, -0.2) is 8.42 Å². The van der Waals surface area contributed by atoms with Crippen molar-refractivity contribution >= 4 is 15.7 Å². The molecule has 0 aliphatic carbocycles. The van der Waals surface area contributed by atoms with Crippen LogP contribution in [0.3, 0.4) is 0 Å². The number of amides is 1. The molecule has 0 unspecified atom stereocenters. The van der Waals surface area contributed by atoms with E-state index in [-0.39, 0.29) is 10.8 Å². The van der Waals surface area contributed by atoms with Gasteiger partial charge in [0.25, 0.3) is 5.91 Å². The average Bonchev–Trinajstić information content (AvgIpc) is 2.45. The first kappa shape index (κ1) is 14.3.